The van der Waals surface area contributed by atoms with Gasteiger partial charge in [-0.1, -0.05) is 140 Å². The van der Waals surface area contributed by atoms with Crippen LogP contribution in [0.5, 0.6) is 0 Å². The van der Waals surface area contributed by atoms with Crippen LogP contribution in [0, 0.1) is 11.3 Å². The number of rotatable bonds is 6. The van der Waals surface area contributed by atoms with E-state index >= 15 is 0 Å². The molecule has 0 bridgehead atoms. The number of hydrogen-bond acceptors (Lipinski definition) is 3. The quantitative estimate of drug-likeness (QED) is 0.159. The molecular weight excluding hydrogens is 715 g/mol. The average Bonchev–Trinajstić information content (AvgIpc) is 3.31. The highest BCUT2D eigenvalue weighted by Crippen LogP contribution is 2.48. The van der Waals surface area contributed by atoms with Gasteiger partial charge in [0.1, 0.15) is 0 Å². The van der Waals surface area contributed by atoms with Crippen LogP contribution < -0.4 is 4.90 Å². The van der Waals surface area contributed by atoms with Gasteiger partial charge in [-0.3, -0.25) is 4.98 Å². The first kappa shape index (κ1) is 34.2. The fraction of sp³-hybridized carbons (Fsp3) is 0. The number of anilines is 3. The third-order valence-electron chi connectivity index (χ3n) is 11.7. The van der Waals surface area contributed by atoms with E-state index in [1.54, 1.807) is 0 Å². The van der Waals surface area contributed by atoms with Gasteiger partial charge in [-0.05, 0) is 143 Å². The Morgan fingerprint density at radius 2 is 0.898 bits per heavy atom. The van der Waals surface area contributed by atoms with Crippen molar-refractivity contribution in [1.29, 1.82) is 5.26 Å². The molecule has 0 fully saturated rings. The van der Waals surface area contributed by atoms with Gasteiger partial charge in [0.15, 0.2) is 0 Å². The fourth-order valence-electron chi connectivity index (χ4n) is 9.02. The zero-order valence-electron chi connectivity index (χ0n) is 32.0. The van der Waals surface area contributed by atoms with Crippen LogP contribution in [0.25, 0.3) is 87.4 Å². The minimum Gasteiger partial charge on any atom is -0.310 e. The smallest absolute Gasteiger partial charge is 0.0991 e. The molecule has 1 aromatic heterocycles. The Bertz CT molecular complexity index is 3430. The summed E-state index contributed by atoms with van der Waals surface area (Å²) in [6.07, 6.45) is 1.83. The monoisotopic (exact) mass is 749 g/mol. The summed E-state index contributed by atoms with van der Waals surface area (Å²) in [5.41, 5.74) is 11.8. The normalized spacial score (nSPS) is 11.4. The van der Waals surface area contributed by atoms with E-state index in [1.807, 2.05) is 42.6 Å². The van der Waals surface area contributed by atoms with Gasteiger partial charge in [0.05, 0.1) is 22.8 Å². The van der Waals surface area contributed by atoms with Crippen molar-refractivity contribution in [3.05, 3.63) is 218 Å². The second-order valence-electron chi connectivity index (χ2n) is 15.0. The highest BCUT2D eigenvalue weighted by molar-refractivity contribution is 6.25. The first-order chi connectivity index (χ1) is 29.2. The van der Waals surface area contributed by atoms with Gasteiger partial charge >= 0.3 is 0 Å². The van der Waals surface area contributed by atoms with Gasteiger partial charge in [0.25, 0.3) is 0 Å². The average molecular weight is 750 g/mol. The van der Waals surface area contributed by atoms with Crippen molar-refractivity contribution in [2.75, 3.05) is 4.90 Å². The van der Waals surface area contributed by atoms with Crippen molar-refractivity contribution >= 4 is 71.1 Å². The van der Waals surface area contributed by atoms with E-state index in [2.05, 4.69) is 186 Å². The molecule has 0 amide bonds. The molecule has 11 aromatic rings. The lowest BCUT2D eigenvalue weighted by molar-refractivity contribution is 1.29. The molecule has 11 rings (SSSR count). The van der Waals surface area contributed by atoms with E-state index in [0.717, 1.165) is 39.1 Å². The number of fused-ring (bicyclic) bond motifs is 5. The van der Waals surface area contributed by atoms with Gasteiger partial charge in [-0.25, -0.2) is 0 Å². The van der Waals surface area contributed by atoms with E-state index in [9.17, 15) is 5.26 Å². The first-order valence-corrected chi connectivity index (χ1v) is 19.9. The van der Waals surface area contributed by atoms with Crippen LogP contribution in [-0.2, 0) is 0 Å². The molecule has 0 saturated carbocycles. The van der Waals surface area contributed by atoms with Gasteiger partial charge in [0, 0.05) is 23.0 Å². The number of nitriles is 1. The Hall–Kier alpha value is -8.06. The Balaban J connectivity index is 1.14. The molecule has 59 heavy (non-hydrogen) atoms. The molecular formula is C56H35N3. The van der Waals surface area contributed by atoms with Crippen LogP contribution in [0.2, 0.25) is 0 Å². The van der Waals surface area contributed by atoms with E-state index < -0.39 is 0 Å². The summed E-state index contributed by atoms with van der Waals surface area (Å²) in [5, 5.41) is 20.5. The molecule has 1 heterocycles. The minimum absolute atomic E-state index is 0.624. The van der Waals surface area contributed by atoms with Crippen LogP contribution >= 0.6 is 0 Å². The Kier molecular flexibility index (Phi) is 8.20. The lowest BCUT2D eigenvalue weighted by atomic mass is 9.83. The van der Waals surface area contributed by atoms with Crippen molar-refractivity contribution in [2.45, 2.75) is 0 Å². The molecule has 0 saturated heterocycles. The molecule has 10 aromatic carbocycles. The number of pyridine rings is 1. The largest absolute Gasteiger partial charge is 0.310 e. The lowest BCUT2D eigenvalue weighted by Crippen LogP contribution is -2.10. The van der Waals surface area contributed by atoms with E-state index in [-0.39, 0.29) is 0 Å². The van der Waals surface area contributed by atoms with Gasteiger partial charge in [0.2, 0.25) is 0 Å². The molecule has 0 atom stereocenters. The topological polar surface area (TPSA) is 39.9 Å². The summed E-state index contributed by atoms with van der Waals surface area (Å²) in [5.74, 6) is 0. The second-order valence-corrected chi connectivity index (χ2v) is 15.0. The van der Waals surface area contributed by atoms with Crippen molar-refractivity contribution in [2.24, 2.45) is 0 Å². The van der Waals surface area contributed by atoms with Crippen molar-refractivity contribution in [3.8, 4) is 39.4 Å². The van der Waals surface area contributed by atoms with E-state index in [0.29, 0.717) is 5.56 Å². The SMILES string of the molecule is N#Cc1ccc(N(c2ccc(-c3ccc4c(-c5cccc6ccccc56)c5ccccc5c(-c5cccc6ccccc56)c4c3)cc2)c2cccc3ncccc23)cc1. The summed E-state index contributed by atoms with van der Waals surface area (Å²) in [6.45, 7) is 0. The van der Waals surface area contributed by atoms with Gasteiger partial charge in [-0.2, -0.15) is 5.26 Å². The van der Waals surface area contributed by atoms with Crippen LogP contribution in [0.15, 0.2) is 212 Å². The van der Waals surface area contributed by atoms with Crippen molar-refractivity contribution < 1.29 is 0 Å². The lowest BCUT2D eigenvalue weighted by Gasteiger charge is -2.27. The van der Waals surface area contributed by atoms with Crippen LogP contribution in [0.4, 0.5) is 17.1 Å². The van der Waals surface area contributed by atoms with Crippen molar-refractivity contribution in [3.63, 3.8) is 0 Å². The summed E-state index contributed by atoms with van der Waals surface area (Å²) in [7, 11) is 0. The summed E-state index contributed by atoms with van der Waals surface area (Å²) >= 11 is 0. The Morgan fingerprint density at radius 1 is 0.390 bits per heavy atom. The summed E-state index contributed by atoms with van der Waals surface area (Å²) in [4.78, 5) is 6.90. The maximum Gasteiger partial charge on any atom is 0.0991 e. The third-order valence-corrected chi connectivity index (χ3v) is 11.7. The maximum atomic E-state index is 9.57. The Morgan fingerprint density at radius 3 is 1.54 bits per heavy atom. The predicted molar refractivity (Wildman–Crippen MR) is 247 cm³/mol. The molecule has 0 spiro atoms. The number of hydrogen-bond donors (Lipinski definition) is 0. The number of aromatic nitrogens is 1. The molecule has 0 N–H and O–H groups in total. The fourth-order valence-corrected chi connectivity index (χ4v) is 9.02. The molecule has 3 nitrogen and oxygen atoms in total. The van der Waals surface area contributed by atoms with Crippen molar-refractivity contribution in [1.82, 2.24) is 4.98 Å². The highest BCUT2D eigenvalue weighted by atomic mass is 15.1. The molecule has 274 valence electrons. The summed E-state index contributed by atoms with van der Waals surface area (Å²) < 4.78 is 0. The number of benzene rings is 10. The molecule has 3 heteroatoms. The second kappa shape index (κ2) is 14.2. The minimum atomic E-state index is 0.624. The molecule has 0 unspecified atom stereocenters. The molecule has 0 aliphatic rings. The molecule has 0 aliphatic carbocycles. The maximum absolute atomic E-state index is 9.57. The molecule has 0 aliphatic heterocycles. The molecule has 0 radical (unpaired) electrons. The zero-order chi connectivity index (χ0) is 39.3. The predicted octanol–water partition coefficient (Wildman–Crippen LogP) is 15.2. The standard InChI is InChI=1S/C56H35N3/c57-36-37-24-29-42(30-25-37)59(54-23-9-22-53-51(54)21-10-34-58-53)43-31-26-38(27-32-43)41-28-33-50-52(35-41)56(47-20-8-14-40-12-2-4-16-45(40)47)49-18-6-5-17-48(49)55(50)46-19-7-13-39-11-1-3-15-44(39)46/h1-35H. The van der Waals surface area contributed by atoms with E-state index in [4.69, 9.17) is 0 Å². The van der Waals surface area contributed by atoms with Crippen LogP contribution in [0.1, 0.15) is 5.56 Å². The van der Waals surface area contributed by atoms with Gasteiger partial charge in [-0.15, -0.1) is 0 Å². The third kappa shape index (κ3) is 5.78. The first-order valence-electron chi connectivity index (χ1n) is 19.9. The van der Waals surface area contributed by atoms with E-state index in [1.165, 1.54) is 65.3 Å². The zero-order valence-corrected chi connectivity index (χ0v) is 32.0. The van der Waals surface area contributed by atoms with Crippen LogP contribution in [-0.4, -0.2) is 4.98 Å². The van der Waals surface area contributed by atoms with Gasteiger partial charge < -0.3 is 4.90 Å². The van der Waals surface area contributed by atoms with Crippen LogP contribution in [0.3, 0.4) is 0 Å². The Labute approximate surface area is 342 Å². The highest BCUT2D eigenvalue weighted by Gasteiger charge is 2.21. The number of nitrogens with zero attached hydrogens (tertiary/aromatic N) is 3. The summed E-state index contributed by atoms with van der Waals surface area (Å²) in [6, 6.07) is 75.9.